The first-order valence-electron chi connectivity index (χ1n) is 6.15. The Kier molecular flexibility index (Phi) is 4.01. The van der Waals surface area contributed by atoms with E-state index in [1.165, 1.54) is 0 Å². The Labute approximate surface area is 108 Å². The highest BCUT2D eigenvalue weighted by Crippen LogP contribution is 2.13. The SMILES string of the molecule is O=C(CCS(=O)(=O)c1ccccc1)N1CCCC1. The molecule has 1 heterocycles. The van der Waals surface area contributed by atoms with Crippen LogP contribution in [-0.4, -0.2) is 38.1 Å². The summed E-state index contributed by atoms with van der Waals surface area (Å²) in [5.74, 6) is -0.154. The summed E-state index contributed by atoms with van der Waals surface area (Å²) in [4.78, 5) is 13.8. The van der Waals surface area contributed by atoms with Gasteiger partial charge in [0.25, 0.3) is 0 Å². The van der Waals surface area contributed by atoms with Crippen LogP contribution in [0, 0.1) is 0 Å². The monoisotopic (exact) mass is 267 g/mol. The summed E-state index contributed by atoms with van der Waals surface area (Å²) in [6.07, 6.45) is 2.13. The molecule has 1 aliphatic heterocycles. The van der Waals surface area contributed by atoms with Gasteiger partial charge in [0.2, 0.25) is 5.91 Å². The molecule has 4 nitrogen and oxygen atoms in total. The minimum Gasteiger partial charge on any atom is -0.343 e. The quantitative estimate of drug-likeness (QED) is 0.830. The predicted octanol–water partition coefficient (Wildman–Crippen LogP) is 1.47. The summed E-state index contributed by atoms with van der Waals surface area (Å²) in [6.45, 7) is 1.54. The van der Waals surface area contributed by atoms with Gasteiger partial charge in [-0.05, 0) is 25.0 Å². The molecule has 1 fully saturated rings. The van der Waals surface area contributed by atoms with Gasteiger partial charge < -0.3 is 4.90 Å². The first-order valence-corrected chi connectivity index (χ1v) is 7.80. The van der Waals surface area contributed by atoms with Gasteiger partial charge in [-0.1, -0.05) is 18.2 Å². The summed E-state index contributed by atoms with van der Waals surface area (Å²) >= 11 is 0. The van der Waals surface area contributed by atoms with Crippen LogP contribution in [0.2, 0.25) is 0 Å². The standard InChI is InChI=1S/C13H17NO3S/c15-13(14-9-4-5-10-14)8-11-18(16,17)12-6-2-1-3-7-12/h1-3,6-7H,4-5,8-11H2. The molecular weight excluding hydrogens is 250 g/mol. The third-order valence-corrected chi connectivity index (χ3v) is 4.88. The summed E-state index contributed by atoms with van der Waals surface area (Å²) in [6, 6.07) is 8.28. The Balaban J connectivity index is 1.95. The highest BCUT2D eigenvalue weighted by molar-refractivity contribution is 7.91. The average molecular weight is 267 g/mol. The summed E-state index contributed by atoms with van der Waals surface area (Å²) in [7, 11) is -3.33. The lowest BCUT2D eigenvalue weighted by atomic mass is 10.4. The Hall–Kier alpha value is -1.36. The molecule has 18 heavy (non-hydrogen) atoms. The van der Waals surface area contributed by atoms with E-state index in [1.54, 1.807) is 35.2 Å². The second-order valence-electron chi connectivity index (χ2n) is 4.47. The topological polar surface area (TPSA) is 54.5 Å². The minimum absolute atomic E-state index is 0.0491. The fraction of sp³-hybridized carbons (Fsp3) is 0.462. The second kappa shape index (κ2) is 5.52. The van der Waals surface area contributed by atoms with Crippen molar-refractivity contribution in [3.8, 4) is 0 Å². The maximum absolute atomic E-state index is 12.0. The molecule has 0 aliphatic carbocycles. The number of hydrogen-bond acceptors (Lipinski definition) is 3. The maximum Gasteiger partial charge on any atom is 0.223 e. The molecule has 1 amide bonds. The van der Waals surface area contributed by atoms with Gasteiger partial charge in [-0.25, -0.2) is 8.42 Å². The number of amides is 1. The summed E-state index contributed by atoms with van der Waals surface area (Å²) in [5, 5.41) is 0. The van der Waals surface area contributed by atoms with E-state index >= 15 is 0 Å². The lowest BCUT2D eigenvalue weighted by molar-refractivity contribution is -0.129. The van der Waals surface area contributed by atoms with E-state index in [1.807, 2.05) is 0 Å². The predicted molar refractivity (Wildman–Crippen MR) is 68.9 cm³/mol. The highest BCUT2D eigenvalue weighted by Gasteiger charge is 2.21. The summed E-state index contributed by atoms with van der Waals surface area (Å²) in [5.41, 5.74) is 0. The molecule has 1 aromatic rings. The zero-order valence-corrected chi connectivity index (χ0v) is 11.0. The van der Waals surface area contributed by atoms with Crippen molar-refractivity contribution in [3.63, 3.8) is 0 Å². The van der Waals surface area contributed by atoms with E-state index in [9.17, 15) is 13.2 Å². The Morgan fingerprint density at radius 3 is 2.33 bits per heavy atom. The first kappa shape index (κ1) is 13.1. The average Bonchev–Trinajstić information content (AvgIpc) is 2.91. The maximum atomic E-state index is 12.0. The van der Waals surface area contributed by atoms with Crippen LogP contribution in [0.3, 0.4) is 0 Å². The molecule has 0 saturated carbocycles. The second-order valence-corrected chi connectivity index (χ2v) is 6.58. The molecule has 0 spiro atoms. The number of rotatable bonds is 4. The van der Waals surface area contributed by atoms with E-state index in [0.717, 1.165) is 25.9 Å². The number of benzene rings is 1. The van der Waals surface area contributed by atoms with Gasteiger partial charge in [-0.15, -0.1) is 0 Å². The Bertz CT molecular complexity index is 504. The molecule has 1 aromatic carbocycles. The van der Waals surface area contributed by atoms with Crippen molar-refractivity contribution in [2.75, 3.05) is 18.8 Å². The van der Waals surface area contributed by atoms with Crippen LogP contribution in [0.1, 0.15) is 19.3 Å². The van der Waals surface area contributed by atoms with E-state index in [4.69, 9.17) is 0 Å². The zero-order chi connectivity index (χ0) is 13.0. The van der Waals surface area contributed by atoms with Crippen molar-refractivity contribution in [2.45, 2.75) is 24.2 Å². The van der Waals surface area contributed by atoms with E-state index < -0.39 is 9.84 Å². The van der Waals surface area contributed by atoms with Crippen LogP contribution in [0.15, 0.2) is 35.2 Å². The van der Waals surface area contributed by atoms with Gasteiger partial charge in [-0.2, -0.15) is 0 Å². The van der Waals surface area contributed by atoms with Crippen molar-refractivity contribution in [1.82, 2.24) is 4.90 Å². The van der Waals surface area contributed by atoms with E-state index in [0.29, 0.717) is 4.90 Å². The number of hydrogen-bond donors (Lipinski definition) is 0. The smallest absolute Gasteiger partial charge is 0.223 e. The highest BCUT2D eigenvalue weighted by atomic mass is 32.2. The molecule has 1 saturated heterocycles. The van der Waals surface area contributed by atoms with Crippen LogP contribution in [0.4, 0.5) is 0 Å². The van der Waals surface area contributed by atoms with Crippen LogP contribution in [-0.2, 0) is 14.6 Å². The molecule has 0 atom stereocenters. The van der Waals surface area contributed by atoms with Gasteiger partial charge in [-0.3, -0.25) is 4.79 Å². The molecule has 98 valence electrons. The number of likely N-dealkylation sites (tertiary alicyclic amines) is 1. The largest absolute Gasteiger partial charge is 0.343 e. The molecule has 0 radical (unpaired) electrons. The first-order chi connectivity index (χ1) is 8.59. The number of sulfone groups is 1. The molecule has 5 heteroatoms. The number of nitrogens with zero attached hydrogens (tertiary/aromatic N) is 1. The molecule has 0 N–H and O–H groups in total. The van der Waals surface area contributed by atoms with Crippen LogP contribution < -0.4 is 0 Å². The number of carbonyl (C=O) groups excluding carboxylic acids is 1. The third-order valence-electron chi connectivity index (χ3n) is 3.15. The zero-order valence-electron chi connectivity index (χ0n) is 10.2. The normalized spacial score (nSPS) is 15.9. The lowest BCUT2D eigenvalue weighted by Crippen LogP contribution is -2.29. The van der Waals surface area contributed by atoms with Gasteiger partial charge in [0.05, 0.1) is 10.6 Å². The van der Waals surface area contributed by atoms with Gasteiger partial charge in [0.1, 0.15) is 0 Å². The molecule has 0 bridgehead atoms. The Morgan fingerprint density at radius 1 is 1.11 bits per heavy atom. The Morgan fingerprint density at radius 2 is 1.72 bits per heavy atom. The lowest BCUT2D eigenvalue weighted by Gasteiger charge is -2.14. The van der Waals surface area contributed by atoms with Crippen molar-refractivity contribution in [1.29, 1.82) is 0 Å². The molecule has 0 aromatic heterocycles. The van der Waals surface area contributed by atoms with Gasteiger partial charge in [0, 0.05) is 19.5 Å². The van der Waals surface area contributed by atoms with Crippen molar-refractivity contribution in [2.24, 2.45) is 0 Å². The fourth-order valence-electron chi connectivity index (χ4n) is 2.09. The summed E-state index contributed by atoms with van der Waals surface area (Å²) < 4.78 is 24.0. The van der Waals surface area contributed by atoms with Crippen LogP contribution in [0.25, 0.3) is 0 Å². The fourth-order valence-corrected chi connectivity index (χ4v) is 3.34. The molecule has 0 unspecified atom stereocenters. The van der Waals surface area contributed by atoms with Gasteiger partial charge >= 0.3 is 0 Å². The van der Waals surface area contributed by atoms with Crippen LogP contribution >= 0.6 is 0 Å². The van der Waals surface area contributed by atoms with E-state index in [2.05, 4.69) is 0 Å². The van der Waals surface area contributed by atoms with Crippen molar-refractivity contribution < 1.29 is 13.2 Å². The van der Waals surface area contributed by atoms with Crippen molar-refractivity contribution in [3.05, 3.63) is 30.3 Å². The molecule has 2 rings (SSSR count). The molecule has 1 aliphatic rings. The van der Waals surface area contributed by atoms with Crippen molar-refractivity contribution >= 4 is 15.7 Å². The van der Waals surface area contributed by atoms with Gasteiger partial charge in [0.15, 0.2) is 9.84 Å². The minimum atomic E-state index is -3.33. The third kappa shape index (κ3) is 3.10. The number of carbonyl (C=O) groups is 1. The van der Waals surface area contributed by atoms with Crippen LogP contribution in [0.5, 0.6) is 0 Å². The molecular formula is C13H17NO3S. The van der Waals surface area contributed by atoms with E-state index in [-0.39, 0.29) is 18.1 Å².